The Bertz CT molecular complexity index is 188. The van der Waals surface area contributed by atoms with Crippen molar-refractivity contribution < 1.29 is 3.07 Å². The third-order valence-corrected chi connectivity index (χ3v) is 18.3. The zero-order chi connectivity index (χ0) is 15.1. The van der Waals surface area contributed by atoms with E-state index >= 15 is 0 Å². The molecule has 0 atom stereocenters. The topological polar surface area (TPSA) is 9.23 Å². The van der Waals surface area contributed by atoms with Gasteiger partial charge in [0.05, 0.1) is 0 Å². The molecular weight excluding hydrogens is 351 g/mol. The minimum atomic E-state index is -2.22. The van der Waals surface area contributed by atoms with Gasteiger partial charge < -0.3 is 0 Å². The number of rotatable bonds is 15. The van der Waals surface area contributed by atoms with E-state index in [2.05, 4.69) is 27.7 Å². The van der Waals surface area contributed by atoms with Gasteiger partial charge in [0.25, 0.3) is 0 Å². The van der Waals surface area contributed by atoms with Gasteiger partial charge in [0.15, 0.2) is 0 Å². The number of unbranched alkanes of at least 4 members (excludes halogenated alkanes) is 6. The van der Waals surface area contributed by atoms with Gasteiger partial charge in [-0.25, -0.2) is 0 Å². The van der Waals surface area contributed by atoms with Crippen molar-refractivity contribution in [3.8, 4) is 0 Å². The first-order chi connectivity index (χ1) is 9.74. The molecule has 0 heterocycles. The molecule has 0 unspecified atom stereocenters. The summed E-state index contributed by atoms with van der Waals surface area (Å²) >= 11 is -2.22. The van der Waals surface area contributed by atoms with Gasteiger partial charge in [-0.05, 0) is 0 Å². The first-order valence-electron chi connectivity index (χ1n) is 9.38. The molecule has 0 rings (SSSR count). The van der Waals surface area contributed by atoms with E-state index in [4.69, 9.17) is 3.07 Å². The average molecular weight is 391 g/mol. The predicted octanol–water partition coefficient (Wildman–Crippen LogP) is 6.93. The monoisotopic (exact) mass is 392 g/mol. The van der Waals surface area contributed by atoms with E-state index in [0.29, 0.717) is 0 Å². The quantitative estimate of drug-likeness (QED) is 0.217. The van der Waals surface area contributed by atoms with Gasteiger partial charge in [-0.1, -0.05) is 0 Å². The van der Waals surface area contributed by atoms with Crippen LogP contribution in [0.2, 0.25) is 13.3 Å². The SMILES string of the molecule is CCCCCCC[CH2][Sn]([CH2]CC)([CH2]CC)[O]CCCC. The summed E-state index contributed by atoms with van der Waals surface area (Å²) in [6.07, 6.45) is 13.8. The Balaban J connectivity index is 4.12. The molecule has 122 valence electrons. The van der Waals surface area contributed by atoms with Crippen molar-refractivity contribution in [3.05, 3.63) is 0 Å². The average Bonchev–Trinajstić information content (AvgIpc) is 2.44. The van der Waals surface area contributed by atoms with Crippen molar-refractivity contribution in [2.45, 2.75) is 105 Å². The van der Waals surface area contributed by atoms with Crippen molar-refractivity contribution in [2.75, 3.05) is 6.61 Å². The Morgan fingerprint density at radius 3 is 1.65 bits per heavy atom. The van der Waals surface area contributed by atoms with Gasteiger partial charge in [0.2, 0.25) is 0 Å². The normalized spacial score (nSPS) is 12.0. The second-order valence-corrected chi connectivity index (χ2v) is 18.3. The number of hydrogen-bond donors (Lipinski definition) is 0. The molecule has 0 saturated heterocycles. The molecule has 0 aromatic rings. The zero-order valence-corrected chi connectivity index (χ0v) is 17.7. The molecular formula is C18H40OSn. The van der Waals surface area contributed by atoms with Gasteiger partial charge in [-0.15, -0.1) is 0 Å². The summed E-state index contributed by atoms with van der Waals surface area (Å²) in [5, 5.41) is 0. The van der Waals surface area contributed by atoms with Gasteiger partial charge >= 0.3 is 134 Å². The molecule has 1 nitrogen and oxygen atoms in total. The van der Waals surface area contributed by atoms with Gasteiger partial charge in [0.1, 0.15) is 0 Å². The molecule has 0 N–H and O–H groups in total. The van der Waals surface area contributed by atoms with Crippen LogP contribution in [0.1, 0.15) is 91.9 Å². The van der Waals surface area contributed by atoms with Crippen molar-refractivity contribution in [2.24, 2.45) is 0 Å². The van der Waals surface area contributed by atoms with Gasteiger partial charge in [0, 0.05) is 0 Å². The Morgan fingerprint density at radius 1 is 0.550 bits per heavy atom. The summed E-state index contributed by atoms with van der Waals surface area (Å²) in [4.78, 5) is 0. The molecule has 0 aromatic carbocycles. The van der Waals surface area contributed by atoms with Crippen LogP contribution in [0.15, 0.2) is 0 Å². The number of hydrogen-bond acceptors (Lipinski definition) is 1. The molecule has 0 aliphatic carbocycles. The Hall–Kier alpha value is 0.759. The minimum absolute atomic E-state index is 1.06. The van der Waals surface area contributed by atoms with Gasteiger partial charge in [-0.2, -0.15) is 0 Å². The summed E-state index contributed by atoms with van der Waals surface area (Å²) in [7, 11) is 0. The van der Waals surface area contributed by atoms with Crippen LogP contribution in [0, 0.1) is 0 Å². The third-order valence-electron chi connectivity index (χ3n) is 4.30. The fraction of sp³-hybridized carbons (Fsp3) is 1.00. The summed E-state index contributed by atoms with van der Waals surface area (Å²) in [6, 6.07) is 0. The molecule has 20 heavy (non-hydrogen) atoms. The predicted molar refractivity (Wildman–Crippen MR) is 95.0 cm³/mol. The van der Waals surface area contributed by atoms with Crippen LogP contribution >= 0.6 is 0 Å². The van der Waals surface area contributed by atoms with Crippen LogP contribution in [-0.4, -0.2) is 25.4 Å². The molecule has 0 spiro atoms. The molecule has 0 fully saturated rings. The van der Waals surface area contributed by atoms with E-state index < -0.39 is 18.8 Å². The fourth-order valence-corrected chi connectivity index (χ4v) is 15.9. The standard InChI is InChI=1S/C8H17.C4H9O.2C3H7.Sn/c1-3-5-7-8-6-4-2;1-2-3-4-5;2*1-3-2;/h1,3-8H2,2H3;2-4H2,1H3;2*1,3H2,2H3;/q;-1;;;+1. The van der Waals surface area contributed by atoms with Crippen molar-refractivity contribution >= 4 is 18.8 Å². The molecule has 0 aliphatic heterocycles. The van der Waals surface area contributed by atoms with E-state index in [1.54, 1.807) is 0 Å². The molecule has 0 amide bonds. The Labute approximate surface area is 133 Å². The first-order valence-corrected chi connectivity index (χ1v) is 16.6. The maximum absolute atomic E-state index is 6.59. The second-order valence-electron chi connectivity index (χ2n) is 6.40. The van der Waals surface area contributed by atoms with Crippen molar-refractivity contribution in [3.63, 3.8) is 0 Å². The molecule has 0 saturated carbocycles. The first kappa shape index (κ1) is 20.8. The molecule has 0 bridgehead atoms. The van der Waals surface area contributed by atoms with Crippen molar-refractivity contribution in [1.29, 1.82) is 0 Å². The Kier molecular flexibility index (Phi) is 15.2. The van der Waals surface area contributed by atoms with E-state index in [1.165, 1.54) is 77.5 Å². The van der Waals surface area contributed by atoms with Crippen LogP contribution < -0.4 is 0 Å². The Morgan fingerprint density at radius 2 is 1.10 bits per heavy atom. The van der Waals surface area contributed by atoms with Crippen LogP contribution in [0.25, 0.3) is 0 Å². The summed E-state index contributed by atoms with van der Waals surface area (Å²) in [5.41, 5.74) is 0. The fourth-order valence-electron chi connectivity index (χ4n) is 3.16. The van der Waals surface area contributed by atoms with Crippen LogP contribution in [0.5, 0.6) is 0 Å². The van der Waals surface area contributed by atoms with Crippen LogP contribution in [0.3, 0.4) is 0 Å². The van der Waals surface area contributed by atoms with E-state index in [9.17, 15) is 0 Å². The van der Waals surface area contributed by atoms with Crippen LogP contribution in [0.4, 0.5) is 0 Å². The van der Waals surface area contributed by atoms with E-state index in [-0.39, 0.29) is 0 Å². The summed E-state index contributed by atoms with van der Waals surface area (Å²) in [5.74, 6) is 0. The van der Waals surface area contributed by atoms with E-state index in [1.807, 2.05) is 0 Å². The van der Waals surface area contributed by atoms with Gasteiger partial charge in [-0.3, -0.25) is 0 Å². The maximum atomic E-state index is 6.59. The molecule has 0 aliphatic rings. The second kappa shape index (κ2) is 14.7. The van der Waals surface area contributed by atoms with Crippen molar-refractivity contribution in [1.82, 2.24) is 0 Å². The summed E-state index contributed by atoms with van der Waals surface area (Å²) < 4.78 is 11.0. The molecule has 0 radical (unpaired) electrons. The van der Waals surface area contributed by atoms with Crippen LogP contribution in [-0.2, 0) is 3.07 Å². The molecule has 0 aromatic heterocycles. The summed E-state index contributed by atoms with van der Waals surface area (Å²) in [6.45, 7) is 10.3. The zero-order valence-electron chi connectivity index (χ0n) is 14.8. The third kappa shape index (κ3) is 10.5. The molecule has 2 heteroatoms. The van der Waals surface area contributed by atoms with E-state index in [0.717, 1.165) is 6.61 Å².